The number of amides is 1. The lowest BCUT2D eigenvalue weighted by Crippen LogP contribution is -2.47. The second-order valence-electron chi connectivity index (χ2n) is 7.93. The van der Waals surface area contributed by atoms with Gasteiger partial charge < -0.3 is 15.0 Å². The van der Waals surface area contributed by atoms with E-state index in [2.05, 4.69) is 10.4 Å². The number of hydrogen-bond acceptors (Lipinski definition) is 7. The molecule has 2 N–H and O–H groups in total. The fraction of sp³-hybridized carbons (Fsp3) is 0.450. The number of carbonyl (C=O) groups excluding carboxylic acids is 3. The van der Waals surface area contributed by atoms with Crippen molar-refractivity contribution in [2.24, 2.45) is 5.11 Å². The molecule has 0 radical (unpaired) electrons. The predicted octanol–water partition coefficient (Wildman–Crippen LogP) is 3.14. The fourth-order valence-corrected chi connectivity index (χ4v) is 3.35. The largest absolute Gasteiger partial charge is 0.444 e. The van der Waals surface area contributed by atoms with Crippen LogP contribution in [0.25, 0.3) is 5.70 Å². The summed E-state index contributed by atoms with van der Waals surface area (Å²) < 4.78 is 5.39. The summed E-state index contributed by atoms with van der Waals surface area (Å²) in [5, 5.41) is 6.62. The molecule has 0 aromatic heterocycles. The van der Waals surface area contributed by atoms with Crippen molar-refractivity contribution in [1.29, 1.82) is 5.53 Å². The maximum absolute atomic E-state index is 12.6. The summed E-state index contributed by atoms with van der Waals surface area (Å²) in [5.74, 6) is -1.28. The summed E-state index contributed by atoms with van der Waals surface area (Å²) in [7, 11) is 0. The van der Waals surface area contributed by atoms with Gasteiger partial charge in [0, 0.05) is 30.3 Å². The van der Waals surface area contributed by atoms with Gasteiger partial charge in [0.1, 0.15) is 17.0 Å². The van der Waals surface area contributed by atoms with Crippen LogP contribution in [0.2, 0.25) is 0 Å². The zero-order chi connectivity index (χ0) is 20.5. The third-order valence-corrected chi connectivity index (χ3v) is 4.70. The van der Waals surface area contributed by atoms with Gasteiger partial charge in [-0.25, -0.2) is 10.3 Å². The third kappa shape index (κ3) is 3.95. The van der Waals surface area contributed by atoms with Gasteiger partial charge in [0.15, 0.2) is 0 Å². The van der Waals surface area contributed by atoms with Crippen LogP contribution in [0.3, 0.4) is 0 Å². The quantitative estimate of drug-likeness (QED) is 0.614. The number of ketones is 2. The van der Waals surface area contributed by atoms with Crippen molar-refractivity contribution in [2.45, 2.75) is 45.3 Å². The van der Waals surface area contributed by atoms with Gasteiger partial charge in [-0.1, -0.05) is 24.3 Å². The van der Waals surface area contributed by atoms with E-state index in [0.29, 0.717) is 31.5 Å². The Balaban J connectivity index is 1.73. The SMILES string of the molecule is CC(C)(C)OC(=O)N1CCC(NC2=C(N=N)c3ccccc3C(=O)C2=O)CC1. The topological polar surface area (TPSA) is 112 Å². The molecule has 1 aliphatic heterocycles. The molecule has 1 aromatic carbocycles. The number of rotatable bonds is 3. The molecular weight excluding hydrogens is 360 g/mol. The number of hydrogen-bond donors (Lipinski definition) is 2. The summed E-state index contributed by atoms with van der Waals surface area (Å²) in [6, 6.07) is 6.56. The molecule has 28 heavy (non-hydrogen) atoms. The number of Topliss-reactive ketones (excluding diaryl/α,β-unsaturated/α-hetero) is 2. The number of fused-ring (bicyclic) bond motifs is 1. The first-order chi connectivity index (χ1) is 13.2. The average Bonchev–Trinajstić information content (AvgIpc) is 2.65. The minimum absolute atomic E-state index is 0.0643. The van der Waals surface area contributed by atoms with Crippen LogP contribution in [0, 0.1) is 5.53 Å². The van der Waals surface area contributed by atoms with E-state index < -0.39 is 17.2 Å². The number of carbonyl (C=O) groups is 3. The number of nitrogens with zero attached hydrogens (tertiary/aromatic N) is 2. The molecule has 1 saturated heterocycles. The Morgan fingerprint density at radius 3 is 2.32 bits per heavy atom. The van der Waals surface area contributed by atoms with E-state index in [-0.39, 0.29) is 29.1 Å². The number of ether oxygens (including phenoxy) is 1. The Morgan fingerprint density at radius 2 is 1.75 bits per heavy atom. The normalized spacial score (nSPS) is 18.0. The molecule has 8 nitrogen and oxygen atoms in total. The number of allylic oxidation sites excluding steroid dienone is 1. The van der Waals surface area contributed by atoms with Crippen molar-refractivity contribution < 1.29 is 19.1 Å². The van der Waals surface area contributed by atoms with E-state index >= 15 is 0 Å². The Labute approximate surface area is 163 Å². The summed E-state index contributed by atoms with van der Waals surface area (Å²) in [4.78, 5) is 38.8. The first kappa shape index (κ1) is 19.7. The summed E-state index contributed by atoms with van der Waals surface area (Å²) in [5.41, 5.74) is 7.94. The number of likely N-dealkylation sites (tertiary alicyclic amines) is 1. The first-order valence-electron chi connectivity index (χ1n) is 9.26. The van der Waals surface area contributed by atoms with E-state index in [9.17, 15) is 14.4 Å². The lowest BCUT2D eigenvalue weighted by molar-refractivity contribution is -0.112. The molecule has 0 bridgehead atoms. The Morgan fingerprint density at radius 1 is 1.14 bits per heavy atom. The van der Waals surface area contributed by atoms with Crippen molar-refractivity contribution in [3.8, 4) is 0 Å². The van der Waals surface area contributed by atoms with Gasteiger partial charge in [0.25, 0.3) is 5.78 Å². The molecule has 0 unspecified atom stereocenters. The molecule has 3 rings (SSSR count). The third-order valence-electron chi connectivity index (χ3n) is 4.70. The van der Waals surface area contributed by atoms with Crippen LogP contribution in [0.1, 0.15) is 49.5 Å². The highest BCUT2D eigenvalue weighted by atomic mass is 16.6. The van der Waals surface area contributed by atoms with Crippen LogP contribution < -0.4 is 5.32 Å². The summed E-state index contributed by atoms with van der Waals surface area (Å²) in [6.45, 7) is 6.42. The lowest BCUT2D eigenvalue weighted by atomic mass is 9.90. The molecule has 2 aliphatic rings. The highest BCUT2D eigenvalue weighted by Gasteiger charge is 2.35. The smallest absolute Gasteiger partial charge is 0.410 e. The first-order valence-corrected chi connectivity index (χ1v) is 9.26. The standard InChI is InChI=1S/C20H24N4O4/c1-20(2,3)28-19(27)24-10-8-12(9-11-24)22-16-15(23-21)13-6-4-5-7-14(13)17(25)18(16)26/h4-7,12,21-22H,8-11H2,1-3H3. The van der Waals surface area contributed by atoms with E-state index in [4.69, 9.17) is 10.3 Å². The lowest BCUT2D eigenvalue weighted by Gasteiger charge is -2.34. The van der Waals surface area contributed by atoms with Gasteiger partial charge in [-0.15, -0.1) is 0 Å². The van der Waals surface area contributed by atoms with Gasteiger partial charge in [0.05, 0.1) is 0 Å². The highest BCUT2D eigenvalue weighted by molar-refractivity contribution is 6.52. The Bertz CT molecular complexity index is 861. The molecule has 1 aromatic rings. The van der Waals surface area contributed by atoms with Gasteiger partial charge in [-0.2, -0.15) is 5.11 Å². The Kier molecular flexibility index (Phi) is 5.31. The van der Waals surface area contributed by atoms with Gasteiger partial charge in [-0.3, -0.25) is 9.59 Å². The molecule has 1 amide bonds. The van der Waals surface area contributed by atoms with Crippen LogP contribution in [0.5, 0.6) is 0 Å². The second kappa shape index (κ2) is 7.53. The van der Waals surface area contributed by atoms with E-state index in [0.717, 1.165) is 0 Å². The van der Waals surface area contributed by atoms with Gasteiger partial charge >= 0.3 is 6.09 Å². The van der Waals surface area contributed by atoms with E-state index in [1.54, 1.807) is 29.2 Å². The fourth-order valence-electron chi connectivity index (χ4n) is 3.35. The van der Waals surface area contributed by atoms with Crippen LogP contribution in [0.15, 0.2) is 35.1 Å². The average molecular weight is 384 g/mol. The van der Waals surface area contributed by atoms with Crippen molar-refractivity contribution >= 4 is 23.4 Å². The van der Waals surface area contributed by atoms with Crippen LogP contribution >= 0.6 is 0 Å². The second-order valence-corrected chi connectivity index (χ2v) is 7.93. The highest BCUT2D eigenvalue weighted by Crippen LogP contribution is 2.30. The van der Waals surface area contributed by atoms with Crippen LogP contribution in [0.4, 0.5) is 4.79 Å². The summed E-state index contributed by atoms with van der Waals surface area (Å²) in [6.07, 6.45) is 0.832. The van der Waals surface area contributed by atoms with Crippen LogP contribution in [-0.2, 0) is 9.53 Å². The number of benzene rings is 1. The van der Waals surface area contributed by atoms with E-state index in [1.165, 1.54) is 0 Å². The minimum atomic E-state index is -0.681. The van der Waals surface area contributed by atoms with Crippen molar-refractivity contribution in [2.75, 3.05) is 13.1 Å². The molecule has 148 valence electrons. The summed E-state index contributed by atoms with van der Waals surface area (Å²) >= 11 is 0. The monoisotopic (exact) mass is 384 g/mol. The number of nitrogens with one attached hydrogen (secondary N) is 2. The molecule has 1 heterocycles. The maximum atomic E-state index is 12.6. The van der Waals surface area contributed by atoms with Crippen molar-refractivity contribution in [3.63, 3.8) is 0 Å². The maximum Gasteiger partial charge on any atom is 0.410 e. The minimum Gasteiger partial charge on any atom is -0.444 e. The number of piperidine rings is 1. The predicted molar refractivity (Wildman–Crippen MR) is 102 cm³/mol. The van der Waals surface area contributed by atoms with Gasteiger partial charge in [-0.05, 0) is 33.6 Å². The molecule has 0 spiro atoms. The Hall–Kier alpha value is -3.03. The molecule has 1 aliphatic carbocycles. The molecule has 0 saturated carbocycles. The van der Waals surface area contributed by atoms with E-state index in [1.807, 2.05) is 20.8 Å². The zero-order valence-corrected chi connectivity index (χ0v) is 16.2. The zero-order valence-electron chi connectivity index (χ0n) is 16.2. The van der Waals surface area contributed by atoms with Crippen molar-refractivity contribution in [1.82, 2.24) is 10.2 Å². The molecule has 1 fully saturated rings. The van der Waals surface area contributed by atoms with Crippen molar-refractivity contribution in [3.05, 3.63) is 41.1 Å². The molecular formula is C20H24N4O4. The molecule has 8 heteroatoms. The van der Waals surface area contributed by atoms with Crippen LogP contribution in [-0.4, -0.2) is 47.3 Å². The van der Waals surface area contributed by atoms with Gasteiger partial charge in [0.2, 0.25) is 5.78 Å². The molecule has 0 atom stereocenters.